The van der Waals surface area contributed by atoms with Crippen LogP contribution in [-0.2, 0) is 0 Å². The van der Waals surface area contributed by atoms with Crippen molar-refractivity contribution in [2.24, 2.45) is 0 Å². The minimum Gasteiger partial charge on any atom is -0.311 e. The van der Waals surface area contributed by atoms with Gasteiger partial charge in [-0.1, -0.05) is 30.7 Å². The van der Waals surface area contributed by atoms with E-state index in [0.29, 0.717) is 10.6 Å². The molecule has 0 aliphatic rings. The van der Waals surface area contributed by atoms with Gasteiger partial charge >= 0.3 is 0 Å². The number of hydrogen-bond acceptors (Lipinski definition) is 1. The molecule has 0 radical (unpaired) electrons. The summed E-state index contributed by atoms with van der Waals surface area (Å²) in [6.45, 7) is 4.94. The smallest absolute Gasteiger partial charge is 0.130 e. The van der Waals surface area contributed by atoms with Gasteiger partial charge in [0.05, 0.1) is 0 Å². The van der Waals surface area contributed by atoms with Crippen LogP contribution in [0.3, 0.4) is 0 Å². The molecule has 1 aromatic carbocycles. The first-order chi connectivity index (χ1) is 7.13. The van der Waals surface area contributed by atoms with E-state index in [1.807, 2.05) is 19.9 Å². The van der Waals surface area contributed by atoms with Crippen LogP contribution in [0.15, 0.2) is 24.3 Å². The van der Waals surface area contributed by atoms with Crippen molar-refractivity contribution in [3.05, 3.63) is 40.7 Å². The number of rotatable bonds is 4. The van der Waals surface area contributed by atoms with Crippen LogP contribution < -0.4 is 5.32 Å². The zero-order chi connectivity index (χ0) is 11.3. The summed E-state index contributed by atoms with van der Waals surface area (Å²) in [5.74, 6) is -0.251. The van der Waals surface area contributed by atoms with Crippen molar-refractivity contribution < 1.29 is 4.39 Å². The Morgan fingerprint density at radius 2 is 2.27 bits per heavy atom. The van der Waals surface area contributed by atoms with Gasteiger partial charge < -0.3 is 5.32 Å². The van der Waals surface area contributed by atoms with Crippen molar-refractivity contribution in [1.82, 2.24) is 5.32 Å². The summed E-state index contributed by atoms with van der Waals surface area (Å²) in [5.41, 5.74) is 0.521. The molecule has 1 aromatic rings. The second kappa shape index (κ2) is 5.89. The second-order valence-corrected chi connectivity index (χ2v) is 3.81. The minimum absolute atomic E-state index is 0.230. The molecule has 0 spiro atoms. The van der Waals surface area contributed by atoms with E-state index in [9.17, 15) is 4.39 Å². The molecule has 0 bridgehead atoms. The maximum absolute atomic E-state index is 13.3. The Kier molecular flexibility index (Phi) is 4.79. The van der Waals surface area contributed by atoms with E-state index < -0.39 is 0 Å². The van der Waals surface area contributed by atoms with Gasteiger partial charge in [-0.2, -0.15) is 0 Å². The molecule has 0 heterocycles. The Bertz CT molecular complexity index is 349. The largest absolute Gasteiger partial charge is 0.311 e. The second-order valence-electron chi connectivity index (χ2n) is 3.37. The summed E-state index contributed by atoms with van der Waals surface area (Å²) < 4.78 is 13.3. The van der Waals surface area contributed by atoms with E-state index >= 15 is 0 Å². The molecule has 1 atom stereocenters. The van der Waals surface area contributed by atoms with E-state index in [1.165, 1.54) is 6.07 Å². The fourth-order valence-electron chi connectivity index (χ4n) is 1.28. The summed E-state index contributed by atoms with van der Waals surface area (Å²) in [6, 6.07) is 4.77. The fourth-order valence-corrected chi connectivity index (χ4v) is 1.46. The molecule has 0 fully saturated rings. The third-order valence-corrected chi connectivity index (χ3v) is 2.28. The van der Waals surface area contributed by atoms with Gasteiger partial charge in [0.2, 0.25) is 0 Å². The fraction of sp³-hybridized carbons (Fsp3) is 0.333. The van der Waals surface area contributed by atoms with Crippen molar-refractivity contribution in [3.63, 3.8) is 0 Å². The van der Waals surface area contributed by atoms with Crippen molar-refractivity contribution in [1.29, 1.82) is 0 Å². The molecule has 0 amide bonds. The molecular weight excluding hydrogens is 213 g/mol. The summed E-state index contributed by atoms with van der Waals surface area (Å²) in [4.78, 5) is 0. The predicted octanol–water partition coefficient (Wildman–Crippen LogP) is 3.49. The highest BCUT2D eigenvalue weighted by Gasteiger charge is 1.99. The van der Waals surface area contributed by atoms with Crippen LogP contribution in [0.4, 0.5) is 4.39 Å². The van der Waals surface area contributed by atoms with Gasteiger partial charge in [-0.25, -0.2) is 4.39 Å². The maximum Gasteiger partial charge on any atom is 0.130 e. The maximum atomic E-state index is 13.3. The Balaban J connectivity index is 2.75. The van der Waals surface area contributed by atoms with Gasteiger partial charge in [0.1, 0.15) is 5.82 Å². The summed E-state index contributed by atoms with van der Waals surface area (Å²) in [7, 11) is 0. The topological polar surface area (TPSA) is 12.0 Å². The van der Waals surface area contributed by atoms with E-state index in [1.54, 1.807) is 18.2 Å². The summed E-state index contributed by atoms with van der Waals surface area (Å²) >= 11 is 5.78. The Morgan fingerprint density at radius 3 is 2.93 bits per heavy atom. The standard InChI is InChI=1S/C12H15ClFN/c1-3-15-9(2)4-5-10-8-11(13)6-7-12(10)14/h4-9,15H,3H2,1-2H3/b5-4+. The van der Waals surface area contributed by atoms with Crippen LogP contribution in [-0.4, -0.2) is 12.6 Å². The molecule has 0 aliphatic carbocycles. The molecule has 0 aromatic heterocycles. The lowest BCUT2D eigenvalue weighted by atomic mass is 10.1. The summed E-state index contributed by atoms with van der Waals surface area (Å²) in [5, 5.41) is 3.76. The van der Waals surface area contributed by atoms with Crippen LogP contribution in [0.2, 0.25) is 5.02 Å². The van der Waals surface area contributed by atoms with Crippen molar-refractivity contribution >= 4 is 17.7 Å². The first-order valence-electron chi connectivity index (χ1n) is 5.00. The summed E-state index contributed by atoms with van der Waals surface area (Å²) in [6.07, 6.45) is 3.66. The van der Waals surface area contributed by atoms with Crippen molar-refractivity contribution in [2.45, 2.75) is 19.9 Å². The molecule has 0 aliphatic heterocycles. The van der Waals surface area contributed by atoms with Gasteiger partial charge in [-0.3, -0.25) is 0 Å². The number of benzene rings is 1. The highest BCUT2D eigenvalue weighted by Crippen LogP contribution is 2.16. The van der Waals surface area contributed by atoms with Gasteiger partial charge in [0.25, 0.3) is 0 Å². The highest BCUT2D eigenvalue weighted by molar-refractivity contribution is 6.30. The molecule has 82 valence electrons. The number of likely N-dealkylation sites (N-methyl/N-ethyl adjacent to an activating group) is 1. The van der Waals surface area contributed by atoms with Crippen LogP contribution >= 0.6 is 11.6 Å². The average molecular weight is 228 g/mol. The van der Waals surface area contributed by atoms with E-state index in [-0.39, 0.29) is 11.9 Å². The van der Waals surface area contributed by atoms with Crippen molar-refractivity contribution in [3.8, 4) is 0 Å². The van der Waals surface area contributed by atoms with Crippen molar-refractivity contribution in [2.75, 3.05) is 6.54 Å². The van der Waals surface area contributed by atoms with Crippen LogP contribution in [0.25, 0.3) is 6.08 Å². The first kappa shape index (κ1) is 12.2. The van der Waals surface area contributed by atoms with Gasteiger partial charge in [0, 0.05) is 16.6 Å². The molecule has 0 saturated carbocycles. The molecule has 0 saturated heterocycles. The normalized spacial score (nSPS) is 13.3. The number of nitrogens with one attached hydrogen (secondary N) is 1. The van der Waals surface area contributed by atoms with Crippen LogP contribution in [0, 0.1) is 5.82 Å². The third kappa shape index (κ3) is 4.02. The Morgan fingerprint density at radius 1 is 1.53 bits per heavy atom. The quantitative estimate of drug-likeness (QED) is 0.831. The molecule has 15 heavy (non-hydrogen) atoms. The molecular formula is C12H15ClFN. The Labute approximate surface area is 95.0 Å². The molecule has 1 N–H and O–H groups in total. The van der Waals surface area contributed by atoms with E-state index in [2.05, 4.69) is 5.32 Å². The third-order valence-electron chi connectivity index (χ3n) is 2.05. The minimum atomic E-state index is -0.251. The van der Waals surface area contributed by atoms with Gasteiger partial charge in [-0.15, -0.1) is 0 Å². The Hall–Kier alpha value is -0.860. The highest BCUT2D eigenvalue weighted by atomic mass is 35.5. The number of halogens is 2. The van der Waals surface area contributed by atoms with Crippen LogP contribution in [0.1, 0.15) is 19.4 Å². The molecule has 1 rings (SSSR count). The van der Waals surface area contributed by atoms with E-state index in [0.717, 1.165) is 6.54 Å². The molecule has 1 unspecified atom stereocenters. The first-order valence-corrected chi connectivity index (χ1v) is 5.38. The molecule has 1 nitrogen and oxygen atoms in total. The zero-order valence-corrected chi connectivity index (χ0v) is 9.68. The molecule has 3 heteroatoms. The average Bonchev–Trinajstić information content (AvgIpc) is 2.20. The lowest BCUT2D eigenvalue weighted by Gasteiger charge is -2.06. The predicted molar refractivity (Wildman–Crippen MR) is 63.6 cm³/mol. The van der Waals surface area contributed by atoms with E-state index in [4.69, 9.17) is 11.6 Å². The lowest BCUT2D eigenvalue weighted by Crippen LogP contribution is -2.22. The zero-order valence-electron chi connectivity index (χ0n) is 8.93. The van der Waals surface area contributed by atoms with Crippen LogP contribution in [0.5, 0.6) is 0 Å². The van der Waals surface area contributed by atoms with Gasteiger partial charge in [0.15, 0.2) is 0 Å². The monoisotopic (exact) mass is 227 g/mol. The lowest BCUT2D eigenvalue weighted by molar-refractivity contribution is 0.624. The SMILES string of the molecule is CCNC(C)/C=C/c1cc(Cl)ccc1F. The van der Waals surface area contributed by atoms with Gasteiger partial charge in [-0.05, 0) is 31.7 Å². The number of hydrogen-bond donors (Lipinski definition) is 1.